The average molecular weight is 227 g/mol. The molecule has 0 fully saturated rings. The van der Waals surface area contributed by atoms with Gasteiger partial charge in [-0.05, 0) is 43.4 Å². The van der Waals surface area contributed by atoms with Gasteiger partial charge in [-0.15, -0.1) is 0 Å². The maximum absolute atomic E-state index is 9.84. The van der Waals surface area contributed by atoms with Gasteiger partial charge in [-0.2, -0.15) is 0 Å². The molecule has 0 aliphatic carbocycles. The van der Waals surface area contributed by atoms with E-state index in [2.05, 4.69) is 13.8 Å². The van der Waals surface area contributed by atoms with E-state index in [0.717, 1.165) is 22.6 Å². The fourth-order valence-electron chi connectivity index (χ4n) is 1.53. The standard InChI is InChI=1S/C13H19ClO/c1-5-9(2)11-7-6-10(8-12(11)14)13(3,4)15/h6-9,15H,5H2,1-4H3. The number of hydrogen-bond donors (Lipinski definition) is 1. The SMILES string of the molecule is CCC(C)c1ccc(C(C)(C)O)cc1Cl. The lowest BCUT2D eigenvalue weighted by atomic mass is 9.93. The Morgan fingerprint density at radius 3 is 2.40 bits per heavy atom. The van der Waals surface area contributed by atoms with Gasteiger partial charge in [0.15, 0.2) is 0 Å². The maximum atomic E-state index is 9.84. The lowest BCUT2D eigenvalue weighted by Crippen LogP contribution is -2.15. The molecule has 0 aliphatic rings. The number of halogens is 1. The Labute approximate surface area is 97.1 Å². The van der Waals surface area contributed by atoms with Crippen molar-refractivity contribution in [2.24, 2.45) is 0 Å². The molecule has 0 spiro atoms. The molecule has 2 heteroatoms. The van der Waals surface area contributed by atoms with Crippen molar-refractivity contribution in [3.8, 4) is 0 Å². The molecule has 0 radical (unpaired) electrons. The third-order valence-corrected chi connectivity index (χ3v) is 3.18. The van der Waals surface area contributed by atoms with E-state index in [1.165, 1.54) is 0 Å². The lowest BCUT2D eigenvalue weighted by molar-refractivity contribution is 0.0786. The van der Waals surface area contributed by atoms with Gasteiger partial charge in [0.05, 0.1) is 5.60 Å². The van der Waals surface area contributed by atoms with Crippen LogP contribution >= 0.6 is 11.6 Å². The second-order valence-corrected chi connectivity index (χ2v) is 5.01. The van der Waals surface area contributed by atoms with Crippen LogP contribution in [0.2, 0.25) is 5.02 Å². The van der Waals surface area contributed by atoms with Crippen molar-refractivity contribution < 1.29 is 5.11 Å². The second-order valence-electron chi connectivity index (χ2n) is 4.60. The summed E-state index contributed by atoms with van der Waals surface area (Å²) in [6.45, 7) is 7.83. The molecule has 0 aliphatic heterocycles. The molecule has 15 heavy (non-hydrogen) atoms. The van der Waals surface area contributed by atoms with E-state index in [4.69, 9.17) is 11.6 Å². The fourth-order valence-corrected chi connectivity index (χ4v) is 1.89. The zero-order valence-electron chi connectivity index (χ0n) is 9.84. The number of hydrogen-bond acceptors (Lipinski definition) is 1. The quantitative estimate of drug-likeness (QED) is 0.824. The van der Waals surface area contributed by atoms with Crippen molar-refractivity contribution in [3.05, 3.63) is 34.3 Å². The molecule has 1 aromatic rings. The highest BCUT2D eigenvalue weighted by Crippen LogP contribution is 2.30. The van der Waals surface area contributed by atoms with Crippen LogP contribution in [0.5, 0.6) is 0 Å². The van der Waals surface area contributed by atoms with Crippen LogP contribution in [0.4, 0.5) is 0 Å². The van der Waals surface area contributed by atoms with E-state index < -0.39 is 5.60 Å². The Morgan fingerprint density at radius 2 is 2.00 bits per heavy atom. The zero-order valence-corrected chi connectivity index (χ0v) is 10.6. The highest BCUT2D eigenvalue weighted by atomic mass is 35.5. The Morgan fingerprint density at radius 1 is 1.40 bits per heavy atom. The van der Waals surface area contributed by atoms with Crippen LogP contribution in [-0.4, -0.2) is 5.11 Å². The molecule has 0 saturated carbocycles. The first kappa shape index (κ1) is 12.5. The van der Waals surface area contributed by atoms with E-state index >= 15 is 0 Å². The molecule has 1 unspecified atom stereocenters. The first-order chi connectivity index (χ1) is 6.86. The fraction of sp³-hybridized carbons (Fsp3) is 0.538. The average Bonchev–Trinajstić information content (AvgIpc) is 2.15. The first-order valence-corrected chi connectivity index (χ1v) is 5.76. The van der Waals surface area contributed by atoms with Gasteiger partial charge in [0.2, 0.25) is 0 Å². The van der Waals surface area contributed by atoms with Gasteiger partial charge in [-0.3, -0.25) is 0 Å². The van der Waals surface area contributed by atoms with Gasteiger partial charge in [0.1, 0.15) is 0 Å². The van der Waals surface area contributed by atoms with E-state index in [9.17, 15) is 5.11 Å². The van der Waals surface area contributed by atoms with Gasteiger partial charge < -0.3 is 5.11 Å². The zero-order chi connectivity index (χ0) is 11.6. The molecule has 0 heterocycles. The largest absolute Gasteiger partial charge is 0.386 e. The first-order valence-electron chi connectivity index (χ1n) is 5.38. The van der Waals surface area contributed by atoms with Crippen molar-refractivity contribution in [1.82, 2.24) is 0 Å². The number of benzene rings is 1. The van der Waals surface area contributed by atoms with Crippen LogP contribution in [-0.2, 0) is 5.60 Å². The van der Waals surface area contributed by atoms with Crippen molar-refractivity contribution in [2.45, 2.75) is 45.6 Å². The summed E-state index contributed by atoms with van der Waals surface area (Å²) >= 11 is 6.20. The lowest BCUT2D eigenvalue weighted by Gasteiger charge is -2.20. The Kier molecular flexibility index (Phi) is 3.80. The van der Waals surface area contributed by atoms with Crippen molar-refractivity contribution in [1.29, 1.82) is 0 Å². The highest BCUT2D eigenvalue weighted by molar-refractivity contribution is 6.31. The van der Waals surface area contributed by atoms with E-state index in [-0.39, 0.29) is 0 Å². The Balaban J connectivity index is 3.09. The molecule has 0 bridgehead atoms. The molecule has 1 aromatic carbocycles. The van der Waals surface area contributed by atoms with Gasteiger partial charge >= 0.3 is 0 Å². The highest BCUT2D eigenvalue weighted by Gasteiger charge is 2.18. The molecule has 0 amide bonds. The monoisotopic (exact) mass is 226 g/mol. The molecule has 1 N–H and O–H groups in total. The summed E-state index contributed by atoms with van der Waals surface area (Å²) in [4.78, 5) is 0. The van der Waals surface area contributed by atoms with E-state index in [1.54, 1.807) is 13.8 Å². The smallest absolute Gasteiger partial charge is 0.0841 e. The Hall–Kier alpha value is -0.530. The Bertz CT molecular complexity index is 339. The van der Waals surface area contributed by atoms with E-state index in [1.807, 2.05) is 18.2 Å². The van der Waals surface area contributed by atoms with Gasteiger partial charge in [0.25, 0.3) is 0 Å². The molecular weight excluding hydrogens is 208 g/mol. The molecule has 0 saturated heterocycles. The minimum absolute atomic E-state index is 0.466. The van der Waals surface area contributed by atoms with Gasteiger partial charge in [0, 0.05) is 5.02 Å². The van der Waals surface area contributed by atoms with Crippen LogP contribution in [0.25, 0.3) is 0 Å². The molecule has 1 nitrogen and oxygen atoms in total. The third kappa shape index (κ3) is 2.96. The number of aliphatic hydroxyl groups is 1. The van der Waals surface area contributed by atoms with Crippen molar-refractivity contribution in [3.63, 3.8) is 0 Å². The maximum Gasteiger partial charge on any atom is 0.0841 e. The van der Waals surface area contributed by atoms with Crippen LogP contribution in [0, 0.1) is 0 Å². The molecule has 0 aromatic heterocycles. The normalized spacial score (nSPS) is 14.0. The summed E-state index contributed by atoms with van der Waals surface area (Å²) < 4.78 is 0. The minimum Gasteiger partial charge on any atom is -0.386 e. The van der Waals surface area contributed by atoms with E-state index in [0.29, 0.717) is 5.92 Å². The third-order valence-electron chi connectivity index (χ3n) is 2.85. The molecular formula is C13H19ClO. The second kappa shape index (κ2) is 4.54. The summed E-state index contributed by atoms with van der Waals surface area (Å²) in [5, 5.41) is 10.6. The molecule has 1 atom stereocenters. The minimum atomic E-state index is -0.822. The summed E-state index contributed by atoms with van der Waals surface area (Å²) in [5.41, 5.74) is 1.20. The predicted octanol–water partition coefficient (Wildman–Crippen LogP) is 4.08. The van der Waals surface area contributed by atoms with Crippen molar-refractivity contribution in [2.75, 3.05) is 0 Å². The van der Waals surface area contributed by atoms with Crippen LogP contribution < -0.4 is 0 Å². The van der Waals surface area contributed by atoms with Gasteiger partial charge in [-0.1, -0.05) is 37.6 Å². The number of rotatable bonds is 3. The molecule has 84 valence electrons. The summed E-state index contributed by atoms with van der Waals surface area (Å²) in [6, 6.07) is 5.83. The van der Waals surface area contributed by atoms with Crippen LogP contribution in [0.1, 0.15) is 51.2 Å². The van der Waals surface area contributed by atoms with Crippen LogP contribution in [0.3, 0.4) is 0 Å². The van der Waals surface area contributed by atoms with Gasteiger partial charge in [-0.25, -0.2) is 0 Å². The molecule has 1 rings (SSSR count). The van der Waals surface area contributed by atoms with Crippen molar-refractivity contribution >= 4 is 11.6 Å². The topological polar surface area (TPSA) is 20.2 Å². The van der Waals surface area contributed by atoms with Crippen LogP contribution in [0.15, 0.2) is 18.2 Å². The summed E-state index contributed by atoms with van der Waals surface area (Å²) in [5.74, 6) is 0.466. The predicted molar refractivity (Wildman–Crippen MR) is 65.4 cm³/mol. The summed E-state index contributed by atoms with van der Waals surface area (Å²) in [6.07, 6.45) is 1.07. The summed E-state index contributed by atoms with van der Waals surface area (Å²) in [7, 11) is 0.